The summed E-state index contributed by atoms with van der Waals surface area (Å²) >= 11 is 1.36. The Balaban J connectivity index is 2.22. The van der Waals surface area contributed by atoms with Crippen molar-refractivity contribution in [3.63, 3.8) is 0 Å². The number of nitrogens with zero attached hydrogens (tertiary/aromatic N) is 4. The molecule has 2 aromatic rings. The van der Waals surface area contributed by atoms with Crippen LogP contribution in [0.25, 0.3) is 5.13 Å². The number of hydrogen-bond acceptors (Lipinski definition) is 5. The summed E-state index contributed by atoms with van der Waals surface area (Å²) in [5.41, 5.74) is 0.547. The molecule has 0 aromatic carbocycles. The van der Waals surface area contributed by atoms with Crippen molar-refractivity contribution in [2.45, 2.75) is 6.42 Å². The van der Waals surface area contributed by atoms with Crippen molar-refractivity contribution in [3.05, 3.63) is 23.7 Å². The molecule has 0 amide bonds. The zero-order valence-corrected chi connectivity index (χ0v) is 7.81. The van der Waals surface area contributed by atoms with Gasteiger partial charge >= 0.3 is 5.97 Å². The van der Waals surface area contributed by atoms with E-state index < -0.39 is 5.97 Å². The van der Waals surface area contributed by atoms with E-state index in [4.69, 9.17) is 5.11 Å². The molecule has 0 saturated heterocycles. The van der Waals surface area contributed by atoms with Gasteiger partial charge < -0.3 is 5.11 Å². The lowest BCUT2D eigenvalue weighted by Crippen LogP contribution is -2.00. The zero-order chi connectivity index (χ0) is 9.97. The van der Waals surface area contributed by atoms with Crippen molar-refractivity contribution < 1.29 is 9.90 Å². The van der Waals surface area contributed by atoms with Crippen molar-refractivity contribution in [2.24, 2.45) is 0 Å². The summed E-state index contributed by atoms with van der Waals surface area (Å²) in [6.07, 6.45) is 2.98. The lowest BCUT2D eigenvalue weighted by Gasteiger charge is -1.91. The van der Waals surface area contributed by atoms with Gasteiger partial charge in [0.15, 0.2) is 5.13 Å². The standard InChI is InChI=1S/C7H6N4O2S/c12-6(13)1-5-2-14-7(10-5)11-3-8-9-4-11/h2-4H,1H2,(H,12,13). The van der Waals surface area contributed by atoms with Gasteiger partial charge in [0.05, 0.1) is 12.1 Å². The van der Waals surface area contributed by atoms with Gasteiger partial charge in [-0.05, 0) is 0 Å². The maximum atomic E-state index is 10.4. The number of aromatic nitrogens is 4. The molecule has 0 bridgehead atoms. The van der Waals surface area contributed by atoms with Crippen LogP contribution < -0.4 is 0 Å². The highest BCUT2D eigenvalue weighted by Gasteiger charge is 2.06. The van der Waals surface area contributed by atoms with E-state index in [1.807, 2.05) is 0 Å². The molecule has 0 aliphatic heterocycles. The third kappa shape index (κ3) is 1.77. The van der Waals surface area contributed by atoms with Crippen molar-refractivity contribution in [2.75, 3.05) is 0 Å². The van der Waals surface area contributed by atoms with Crippen LogP contribution in [0.2, 0.25) is 0 Å². The smallest absolute Gasteiger partial charge is 0.309 e. The molecular formula is C7H6N4O2S. The van der Waals surface area contributed by atoms with E-state index in [9.17, 15) is 4.79 Å². The minimum Gasteiger partial charge on any atom is -0.481 e. The number of carboxylic acids is 1. The average Bonchev–Trinajstić information content (AvgIpc) is 2.69. The van der Waals surface area contributed by atoms with Crippen molar-refractivity contribution >= 4 is 17.3 Å². The Labute approximate surface area is 82.9 Å². The molecule has 72 valence electrons. The van der Waals surface area contributed by atoms with Gasteiger partial charge in [-0.3, -0.25) is 9.36 Å². The Morgan fingerprint density at radius 3 is 2.86 bits per heavy atom. The van der Waals surface area contributed by atoms with Gasteiger partial charge in [0.2, 0.25) is 0 Å². The third-order valence-corrected chi connectivity index (χ3v) is 2.41. The van der Waals surface area contributed by atoms with Gasteiger partial charge in [0, 0.05) is 5.38 Å². The van der Waals surface area contributed by atoms with Crippen molar-refractivity contribution in [3.8, 4) is 5.13 Å². The highest BCUT2D eigenvalue weighted by Crippen LogP contribution is 2.14. The largest absolute Gasteiger partial charge is 0.481 e. The lowest BCUT2D eigenvalue weighted by molar-refractivity contribution is -0.136. The van der Waals surface area contributed by atoms with E-state index in [0.29, 0.717) is 10.8 Å². The fraction of sp³-hybridized carbons (Fsp3) is 0.143. The number of carbonyl (C=O) groups is 1. The summed E-state index contributed by atoms with van der Waals surface area (Å²) in [5, 5.41) is 18.2. The van der Waals surface area contributed by atoms with Crippen LogP contribution in [0.4, 0.5) is 0 Å². The molecular weight excluding hydrogens is 204 g/mol. The Hall–Kier alpha value is -1.76. The third-order valence-electron chi connectivity index (χ3n) is 1.51. The highest BCUT2D eigenvalue weighted by atomic mass is 32.1. The van der Waals surface area contributed by atoms with E-state index >= 15 is 0 Å². The second-order valence-electron chi connectivity index (χ2n) is 2.56. The summed E-state index contributed by atoms with van der Waals surface area (Å²) in [6.45, 7) is 0. The van der Waals surface area contributed by atoms with E-state index in [2.05, 4.69) is 15.2 Å². The summed E-state index contributed by atoms with van der Waals surface area (Å²) in [4.78, 5) is 14.5. The minimum atomic E-state index is -0.884. The average molecular weight is 210 g/mol. The fourth-order valence-corrected chi connectivity index (χ4v) is 1.71. The predicted molar refractivity (Wildman–Crippen MR) is 48.4 cm³/mol. The molecule has 2 heterocycles. The minimum absolute atomic E-state index is 0.0569. The number of aliphatic carboxylic acids is 1. The molecule has 0 radical (unpaired) electrons. The Morgan fingerprint density at radius 1 is 1.50 bits per heavy atom. The molecule has 2 aromatic heterocycles. The number of rotatable bonds is 3. The summed E-state index contributed by atoms with van der Waals surface area (Å²) in [7, 11) is 0. The maximum absolute atomic E-state index is 10.4. The van der Waals surface area contributed by atoms with Crippen molar-refractivity contribution in [1.29, 1.82) is 0 Å². The van der Waals surface area contributed by atoms with Crippen molar-refractivity contribution in [1.82, 2.24) is 19.7 Å². The molecule has 0 unspecified atom stereocenters. The first-order valence-corrected chi connectivity index (χ1v) is 4.65. The van der Waals surface area contributed by atoms with E-state index in [1.165, 1.54) is 24.0 Å². The van der Waals surface area contributed by atoms with E-state index in [0.717, 1.165) is 0 Å². The van der Waals surface area contributed by atoms with Crippen LogP contribution in [0.1, 0.15) is 5.69 Å². The molecule has 0 fully saturated rings. The number of thiazole rings is 1. The number of hydrogen-bond donors (Lipinski definition) is 1. The summed E-state index contributed by atoms with van der Waals surface area (Å²) < 4.78 is 1.63. The van der Waals surface area contributed by atoms with Gasteiger partial charge in [-0.15, -0.1) is 21.5 Å². The molecule has 0 aliphatic carbocycles. The van der Waals surface area contributed by atoms with Crippen LogP contribution in [0.5, 0.6) is 0 Å². The molecule has 0 atom stereocenters. The van der Waals surface area contributed by atoms with Crippen LogP contribution in [-0.4, -0.2) is 30.8 Å². The quantitative estimate of drug-likeness (QED) is 0.790. The maximum Gasteiger partial charge on any atom is 0.309 e. The molecule has 6 nitrogen and oxygen atoms in total. The van der Waals surface area contributed by atoms with E-state index in [1.54, 1.807) is 9.95 Å². The van der Waals surface area contributed by atoms with Crippen LogP contribution in [0, 0.1) is 0 Å². The van der Waals surface area contributed by atoms with Gasteiger partial charge in [-0.2, -0.15) is 0 Å². The predicted octanol–water partition coefficient (Wildman–Crippen LogP) is 0.351. The second-order valence-corrected chi connectivity index (χ2v) is 3.40. The SMILES string of the molecule is O=C(O)Cc1csc(-n2cnnc2)n1. The normalized spacial score (nSPS) is 10.3. The van der Waals surface area contributed by atoms with Crippen LogP contribution in [-0.2, 0) is 11.2 Å². The molecule has 14 heavy (non-hydrogen) atoms. The Kier molecular flexibility index (Phi) is 2.23. The van der Waals surface area contributed by atoms with Gasteiger partial charge in [-0.25, -0.2) is 4.98 Å². The summed E-state index contributed by atoms with van der Waals surface area (Å²) in [6, 6.07) is 0. The highest BCUT2D eigenvalue weighted by molar-refractivity contribution is 7.12. The zero-order valence-electron chi connectivity index (χ0n) is 6.99. The van der Waals surface area contributed by atoms with Gasteiger partial charge in [-0.1, -0.05) is 0 Å². The molecule has 1 N–H and O–H groups in total. The molecule has 2 rings (SSSR count). The van der Waals surface area contributed by atoms with Crippen LogP contribution in [0.3, 0.4) is 0 Å². The second kappa shape index (κ2) is 3.54. The fourth-order valence-electron chi connectivity index (χ4n) is 0.950. The first-order chi connectivity index (χ1) is 6.75. The van der Waals surface area contributed by atoms with Gasteiger partial charge in [0.25, 0.3) is 0 Å². The van der Waals surface area contributed by atoms with Crippen LogP contribution in [0.15, 0.2) is 18.0 Å². The lowest BCUT2D eigenvalue weighted by atomic mass is 10.3. The topological polar surface area (TPSA) is 80.9 Å². The van der Waals surface area contributed by atoms with Gasteiger partial charge in [0.1, 0.15) is 12.7 Å². The first-order valence-electron chi connectivity index (χ1n) is 3.77. The molecule has 0 aliphatic rings. The first kappa shape index (κ1) is 8.82. The Bertz CT molecular complexity index is 436. The summed E-state index contributed by atoms with van der Waals surface area (Å²) in [5.74, 6) is -0.884. The van der Waals surface area contributed by atoms with Crippen LogP contribution >= 0.6 is 11.3 Å². The molecule has 0 saturated carbocycles. The number of carboxylic acid groups (broad SMARTS) is 1. The molecule has 0 spiro atoms. The Morgan fingerprint density at radius 2 is 2.21 bits per heavy atom. The monoisotopic (exact) mass is 210 g/mol. The molecule has 7 heteroatoms. The van der Waals surface area contributed by atoms with E-state index in [-0.39, 0.29) is 6.42 Å².